The molecular formula is C20H22N8O2. The fourth-order valence-corrected chi connectivity index (χ4v) is 3.23. The summed E-state index contributed by atoms with van der Waals surface area (Å²) < 4.78 is 1.95. The van der Waals surface area contributed by atoms with Crippen LogP contribution < -0.4 is 10.6 Å². The van der Waals surface area contributed by atoms with E-state index in [2.05, 4.69) is 30.6 Å². The molecule has 0 spiro atoms. The summed E-state index contributed by atoms with van der Waals surface area (Å²) >= 11 is 0. The van der Waals surface area contributed by atoms with E-state index in [9.17, 15) is 9.59 Å². The molecule has 2 N–H and O–H groups in total. The molecule has 10 nitrogen and oxygen atoms in total. The molecule has 0 bridgehead atoms. The van der Waals surface area contributed by atoms with E-state index in [0.717, 1.165) is 18.5 Å². The van der Waals surface area contributed by atoms with Crippen molar-refractivity contribution in [2.75, 3.05) is 11.9 Å². The van der Waals surface area contributed by atoms with Crippen LogP contribution >= 0.6 is 0 Å². The van der Waals surface area contributed by atoms with Crippen molar-refractivity contribution in [3.05, 3.63) is 60.6 Å². The molecule has 0 unspecified atom stereocenters. The summed E-state index contributed by atoms with van der Waals surface area (Å²) in [4.78, 5) is 43.5. The van der Waals surface area contributed by atoms with Gasteiger partial charge in [-0.25, -0.2) is 19.9 Å². The van der Waals surface area contributed by atoms with Gasteiger partial charge in [0.1, 0.15) is 17.6 Å². The number of nitrogens with zero attached hydrogens (tertiary/aromatic N) is 6. The molecule has 3 aromatic heterocycles. The van der Waals surface area contributed by atoms with Crippen molar-refractivity contribution in [3.63, 3.8) is 0 Å². The Kier molecular flexibility index (Phi) is 5.64. The van der Waals surface area contributed by atoms with Crippen LogP contribution in [0.1, 0.15) is 29.4 Å². The maximum Gasteiger partial charge on any atom is 0.273 e. The first-order valence-electron chi connectivity index (χ1n) is 9.70. The average molecular weight is 406 g/mol. The number of pyridine rings is 1. The van der Waals surface area contributed by atoms with E-state index in [-0.39, 0.29) is 11.8 Å². The van der Waals surface area contributed by atoms with Crippen molar-refractivity contribution in [1.29, 1.82) is 0 Å². The quantitative estimate of drug-likeness (QED) is 0.542. The molecule has 10 heteroatoms. The van der Waals surface area contributed by atoms with Crippen molar-refractivity contribution >= 4 is 23.6 Å². The van der Waals surface area contributed by atoms with Crippen LogP contribution in [-0.2, 0) is 17.9 Å². The molecule has 4 heterocycles. The average Bonchev–Trinajstić information content (AvgIpc) is 3.39. The molecule has 0 fully saturated rings. The van der Waals surface area contributed by atoms with Crippen LogP contribution in [0.15, 0.2) is 49.3 Å². The molecule has 3 aromatic rings. The molecule has 4 rings (SSSR count). The standard InChI is InChI=1S/C20H22N8O2/c1-14(18(29)22-8-3-10-27-11-9-21-13-27)28-12-15-4-5-16(25-17(15)19(28)30)26-20-23-6-2-7-24-20/h2,4-7,9,11,13-14H,3,8,10,12H2,1H3,(H,22,29)(H,23,24,25,26)/t14-/m1/s1. The predicted octanol–water partition coefficient (Wildman–Crippen LogP) is 1.36. The van der Waals surface area contributed by atoms with Gasteiger partial charge in [-0.05, 0) is 25.5 Å². The van der Waals surface area contributed by atoms with Gasteiger partial charge in [-0.15, -0.1) is 0 Å². The fourth-order valence-electron chi connectivity index (χ4n) is 3.23. The Morgan fingerprint density at radius 2 is 2.07 bits per heavy atom. The topological polar surface area (TPSA) is 118 Å². The van der Waals surface area contributed by atoms with Gasteiger partial charge in [-0.1, -0.05) is 6.07 Å². The van der Waals surface area contributed by atoms with Crippen LogP contribution in [-0.4, -0.2) is 53.8 Å². The van der Waals surface area contributed by atoms with Gasteiger partial charge in [0.2, 0.25) is 11.9 Å². The summed E-state index contributed by atoms with van der Waals surface area (Å²) in [5, 5.41) is 5.87. The Bertz CT molecular complexity index is 1020. The van der Waals surface area contributed by atoms with Crippen LogP contribution in [0.3, 0.4) is 0 Å². The number of fused-ring (bicyclic) bond motifs is 1. The summed E-state index contributed by atoms with van der Waals surface area (Å²) in [6, 6.07) is 4.73. The molecule has 0 saturated heterocycles. The van der Waals surface area contributed by atoms with Crippen LogP contribution in [0, 0.1) is 0 Å². The lowest BCUT2D eigenvalue weighted by molar-refractivity contribution is -0.125. The number of nitrogens with one attached hydrogen (secondary N) is 2. The van der Waals surface area contributed by atoms with Crippen molar-refractivity contribution in [3.8, 4) is 0 Å². The molecule has 0 saturated carbocycles. The molecule has 1 aliphatic heterocycles. The van der Waals surface area contributed by atoms with Crippen LogP contribution in [0.2, 0.25) is 0 Å². The lowest BCUT2D eigenvalue weighted by Gasteiger charge is -2.23. The number of rotatable bonds is 8. The Hall–Kier alpha value is -3.82. The molecule has 1 aliphatic rings. The van der Waals surface area contributed by atoms with E-state index in [1.165, 1.54) is 4.90 Å². The largest absolute Gasteiger partial charge is 0.354 e. The number of hydrogen-bond acceptors (Lipinski definition) is 7. The lowest BCUT2D eigenvalue weighted by Crippen LogP contribution is -2.45. The van der Waals surface area contributed by atoms with Gasteiger partial charge < -0.3 is 20.1 Å². The summed E-state index contributed by atoms with van der Waals surface area (Å²) in [5.41, 5.74) is 1.13. The Morgan fingerprint density at radius 1 is 1.23 bits per heavy atom. The van der Waals surface area contributed by atoms with Gasteiger partial charge in [0.25, 0.3) is 5.91 Å². The molecule has 0 radical (unpaired) electrons. The number of imidazole rings is 1. The first-order chi connectivity index (χ1) is 14.6. The second-order valence-electron chi connectivity index (χ2n) is 6.96. The zero-order valence-corrected chi connectivity index (χ0v) is 16.5. The predicted molar refractivity (Wildman–Crippen MR) is 109 cm³/mol. The smallest absolute Gasteiger partial charge is 0.273 e. The SMILES string of the molecule is C[C@H](C(=O)NCCCn1ccnc1)N1Cc2ccc(Nc3ncccn3)nc2C1=O. The number of aryl methyl sites for hydroxylation is 1. The van der Waals surface area contributed by atoms with E-state index < -0.39 is 6.04 Å². The Labute approximate surface area is 173 Å². The second kappa shape index (κ2) is 8.68. The highest BCUT2D eigenvalue weighted by Crippen LogP contribution is 2.25. The summed E-state index contributed by atoms with van der Waals surface area (Å²) in [6.07, 6.45) is 9.35. The molecule has 0 aliphatic carbocycles. The Morgan fingerprint density at radius 3 is 2.83 bits per heavy atom. The third-order valence-corrected chi connectivity index (χ3v) is 4.89. The summed E-state index contributed by atoms with van der Waals surface area (Å²) in [7, 11) is 0. The van der Waals surface area contributed by atoms with Gasteiger partial charge in [0.15, 0.2) is 0 Å². The zero-order valence-electron chi connectivity index (χ0n) is 16.5. The molecule has 2 amide bonds. The normalized spacial score (nSPS) is 13.8. The van der Waals surface area contributed by atoms with Gasteiger partial charge in [-0.2, -0.15) is 0 Å². The van der Waals surface area contributed by atoms with E-state index in [1.54, 1.807) is 44.0 Å². The van der Waals surface area contributed by atoms with Gasteiger partial charge >= 0.3 is 0 Å². The maximum absolute atomic E-state index is 12.8. The fraction of sp³-hybridized carbons (Fsp3) is 0.300. The highest BCUT2D eigenvalue weighted by atomic mass is 16.2. The monoisotopic (exact) mass is 406 g/mol. The number of aromatic nitrogens is 5. The number of carbonyl (C=O) groups is 2. The summed E-state index contributed by atoms with van der Waals surface area (Å²) in [6.45, 7) is 3.38. The Balaban J connectivity index is 1.34. The lowest BCUT2D eigenvalue weighted by atomic mass is 10.2. The maximum atomic E-state index is 12.8. The molecule has 1 atom stereocenters. The third-order valence-electron chi connectivity index (χ3n) is 4.89. The van der Waals surface area contributed by atoms with Crippen molar-refractivity contribution in [1.82, 2.24) is 34.7 Å². The highest BCUT2D eigenvalue weighted by molar-refractivity contribution is 5.99. The minimum absolute atomic E-state index is 0.183. The van der Waals surface area contributed by atoms with Crippen molar-refractivity contribution < 1.29 is 9.59 Å². The molecule has 0 aromatic carbocycles. The molecule has 154 valence electrons. The van der Waals surface area contributed by atoms with Crippen LogP contribution in [0.25, 0.3) is 0 Å². The summed E-state index contributed by atoms with van der Waals surface area (Å²) in [5.74, 6) is 0.434. The number of carbonyl (C=O) groups excluding carboxylic acids is 2. The highest BCUT2D eigenvalue weighted by Gasteiger charge is 2.35. The van der Waals surface area contributed by atoms with E-state index in [4.69, 9.17) is 0 Å². The number of hydrogen-bond donors (Lipinski definition) is 2. The van der Waals surface area contributed by atoms with Crippen molar-refractivity contribution in [2.24, 2.45) is 0 Å². The van der Waals surface area contributed by atoms with Crippen LogP contribution in [0.4, 0.5) is 11.8 Å². The zero-order chi connectivity index (χ0) is 20.9. The first-order valence-corrected chi connectivity index (χ1v) is 9.70. The number of amides is 2. The van der Waals surface area contributed by atoms with Gasteiger partial charge in [0, 0.05) is 50.0 Å². The third kappa shape index (κ3) is 4.27. The van der Waals surface area contributed by atoms with E-state index >= 15 is 0 Å². The van der Waals surface area contributed by atoms with E-state index in [1.807, 2.05) is 16.8 Å². The van der Waals surface area contributed by atoms with Crippen molar-refractivity contribution in [2.45, 2.75) is 32.5 Å². The molecular weight excluding hydrogens is 384 g/mol. The van der Waals surface area contributed by atoms with E-state index in [0.29, 0.717) is 30.5 Å². The minimum atomic E-state index is -0.589. The van der Waals surface area contributed by atoms with Gasteiger partial charge in [-0.3, -0.25) is 9.59 Å². The van der Waals surface area contributed by atoms with Gasteiger partial charge in [0.05, 0.1) is 6.33 Å². The second-order valence-corrected chi connectivity index (χ2v) is 6.96. The molecule has 30 heavy (non-hydrogen) atoms. The first kappa shape index (κ1) is 19.5. The number of anilines is 2. The minimum Gasteiger partial charge on any atom is -0.354 e. The van der Waals surface area contributed by atoms with Crippen LogP contribution in [0.5, 0.6) is 0 Å².